The Labute approximate surface area is 181 Å². The van der Waals surface area contributed by atoms with Gasteiger partial charge in [0.15, 0.2) is 5.84 Å². The number of hydrogen-bond donors (Lipinski definition) is 1. The van der Waals surface area contributed by atoms with Gasteiger partial charge in [-0.15, -0.1) is 11.3 Å². The monoisotopic (exact) mass is 419 g/mol. The Balaban J connectivity index is 1.70. The zero-order valence-corrected chi connectivity index (χ0v) is 18.0. The molecule has 1 N–H and O–H groups in total. The number of nitrogens with zero attached hydrogens (tertiary/aromatic N) is 2. The summed E-state index contributed by atoms with van der Waals surface area (Å²) in [7, 11) is 0. The van der Waals surface area contributed by atoms with E-state index in [0.717, 1.165) is 64.2 Å². The molecule has 2 heterocycles. The van der Waals surface area contributed by atoms with E-state index in [1.54, 1.807) is 11.3 Å². The lowest BCUT2D eigenvalue weighted by molar-refractivity contribution is 0.309. The molecule has 0 fully saturated rings. The molecule has 1 aromatic heterocycles. The molecule has 154 valence electrons. The highest BCUT2D eigenvalue weighted by Crippen LogP contribution is 2.30. The van der Waals surface area contributed by atoms with Gasteiger partial charge in [0.2, 0.25) is 0 Å². The molecule has 0 aliphatic carbocycles. The molecule has 0 amide bonds. The largest absolute Gasteiger partial charge is 0.494 e. The number of benzene rings is 2. The van der Waals surface area contributed by atoms with Crippen LogP contribution in [0.15, 0.2) is 70.1 Å². The number of amidine groups is 1. The predicted octanol–water partition coefficient (Wildman–Crippen LogP) is 5.76. The second kappa shape index (κ2) is 9.59. The summed E-state index contributed by atoms with van der Waals surface area (Å²) in [6.45, 7) is 5.48. The van der Waals surface area contributed by atoms with Gasteiger partial charge in [0.25, 0.3) is 0 Å². The van der Waals surface area contributed by atoms with Crippen molar-refractivity contribution in [2.45, 2.75) is 26.7 Å². The first kappa shape index (κ1) is 20.2. The number of rotatable bonds is 8. The fourth-order valence-corrected chi connectivity index (χ4v) is 3.82. The van der Waals surface area contributed by atoms with Crippen LogP contribution in [-0.2, 0) is 0 Å². The number of ether oxygens (including phenoxy) is 2. The molecule has 5 nitrogen and oxygen atoms in total. The smallest absolute Gasteiger partial charge is 0.164 e. The van der Waals surface area contributed by atoms with Crippen LogP contribution < -0.4 is 14.9 Å². The van der Waals surface area contributed by atoms with Gasteiger partial charge in [-0.25, -0.2) is 4.99 Å². The van der Waals surface area contributed by atoms with Gasteiger partial charge in [-0.1, -0.05) is 19.4 Å². The third-order valence-corrected chi connectivity index (χ3v) is 5.57. The van der Waals surface area contributed by atoms with Crippen LogP contribution >= 0.6 is 11.3 Å². The molecule has 0 bridgehead atoms. The van der Waals surface area contributed by atoms with E-state index in [1.165, 1.54) is 0 Å². The van der Waals surface area contributed by atoms with Crippen molar-refractivity contribution in [3.8, 4) is 11.5 Å². The summed E-state index contributed by atoms with van der Waals surface area (Å²) < 4.78 is 11.5. The quantitative estimate of drug-likeness (QED) is 0.472. The number of hydrogen-bond acceptors (Lipinski definition) is 6. The molecule has 6 heteroatoms. The van der Waals surface area contributed by atoms with Crippen LogP contribution in [0, 0.1) is 0 Å². The van der Waals surface area contributed by atoms with Crippen molar-refractivity contribution in [1.82, 2.24) is 5.43 Å². The van der Waals surface area contributed by atoms with Crippen molar-refractivity contribution >= 4 is 28.6 Å². The van der Waals surface area contributed by atoms with Gasteiger partial charge in [0, 0.05) is 11.1 Å². The van der Waals surface area contributed by atoms with E-state index in [2.05, 4.69) is 12.3 Å². The molecule has 0 saturated heterocycles. The summed E-state index contributed by atoms with van der Waals surface area (Å²) in [5, 5.41) is 6.76. The maximum atomic E-state index is 5.80. The van der Waals surface area contributed by atoms with Crippen LogP contribution in [0.3, 0.4) is 0 Å². The van der Waals surface area contributed by atoms with E-state index in [1.807, 2.05) is 66.9 Å². The molecule has 0 unspecified atom stereocenters. The second-order valence-electron chi connectivity index (χ2n) is 6.85. The van der Waals surface area contributed by atoms with Gasteiger partial charge < -0.3 is 9.47 Å². The van der Waals surface area contributed by atoms with E-state index in [-0.39, 0.29) is 0 Å². The first-order valence-electron chi connectivity index (χ1n) is 10.2. The van der Waals surface area contributed by atoms with Gasteiger partial charge in [-0.3, -0.25) is 5.43 Å². The molecule has 3 aromatic rings. The predicted molar refractivity (Wildman–Crippen MR) is 124 cm³/mol. The van der Waals surface area contributed by atoms with Gasteiger partial charge in [0.1, 0.15) is 17.2 Å². The Morgan fingerprint density at radius 1 is 0.967 bits per heavy atom. The van der Waals surface area contributed by atoms with Gasteiger partial charge >= 0.3 is 0 Å². The number of aliphatic imine (C=N–C) groups is 1. The number of unbranched alkanes of at least 4 members (excludes halogenated alkanes) is 1. The third-order valence-electron chi connectivity index (χ3n) is 4.69. The molecular formula is C24H25N3O2S. The lowest BCUT2D eigenvalue weighted by Crippen LogP contribution is -2.18. The fourth-order valence-electron chi connectivity index (χ4n) is 3.16. The van der Waals surface area contributed by atoms with E-state index >= 15 is 0 Å². The van der Waals surface area contributed by atoms with Crippen LogP contribution in [0.4, 0.5) is 5.69 Å². The van der Waals surface area contributed by atoms with E-state index in [4.69, 9.17) is 19.6 Å². The number of nitrogens with one attached hydrogen (secondary N) is 1. The minimum atomic E-state index is 0.608. The van der Waals surface area contributed by atoms with Crippen LogP contribution in [0.1, 0.15) is 42.7 Å². The Hall–Kier alpha value is -3.12. The average Bonchev–Trinajstić information content (AvgIpc) is 3.24. The number of hydrazone groups is 1. The molecule has 1 aliphatic heterocycles. The number of fused-ring (bicyclic) bond motifs is 1. The summed E-state index contributed by atoms with van der Waals surface area (Å²) in [6, 6.07) is 18.0. The summed E-state index contributed by atoms with van der Waals surface area (Å²) in [6.07, 6.45) is 2.17. The molecule has 0 saturated carbocycles. The molecule has 0 atom stereocenters. The van der Waals surface area contributed by atoms with Crippen molar-refractivity contribution in [3.63, 3.8) is 0 Å². The van der Waals surface area contributed by atoms with Crippen molar-refractivity contribution in [3.05, 3.63) is 76.0 Å². The van der Waals surface area contributed by atoms with Crippen LogP contribution in [0.25, 0.3) is 0 Å². The molecule has 4 rings (SSSR count). The summed E-state index contributed by atoms with van der Waals surface area (Å²) >= 11 is 1.63. The maximum Gasteiger partial charge on any atom is 0.164 e. The SMILES string of the molecule is CCCCOc1ccc(C2=NNC(c3cccs3)=Nc3ccc(OCC)cc32)cc1. The standard InChI is InChI=1S/C24H25N3O2S/c1-3-5-14-29-18-10-8-17(9-11-18)23-20-16-19(28-4-2)12-13-21(20)25-24(27-26-23)22-7-6-15-30-22/h6-13,15-16H,3-5,14H2,1-2H3,(H,25,27). The highest BCUT2D eigenvalue weighted by molar-refractivity contribution is 7.12. The number of thiophene rings is 1. The highest BCUT2D eigenvalue weighted by Gasteiger charge is 2.18. The van der Waals surface area contributed by atoms with Gasteiger partial charge in [0.05, 0.1) is 23.8 Å². The normalized spacial score (nSPS) is 12.9. The van der Waals surface area contributed by atoms with Gasteiger partial charge in [-0.05, 0) is 67.3 Å². The van der Waals surface area contributed by atoms with E-state index in [9.17, 15) is 0 Å². The Kier molecular flexibility index (Phi) is 6.44. The van der Waals surface area contributed by atoms with Crippen LogP contribution in [-0.4, -0.2) is 24.8 Å². The Morgan fingerprint density at radius 3 is 2.53 bits per heavy atom. The molecule has 30 heavy (non-hydrogen) atoms. The zero-order chi connectivity index (χ0) is 20.8. The minimum absolute atomic E-state index is 0.608. The molecule has 0 radical (unpaired) electrons. The fraction of sp³-hybridized carbons (Fsp3) is 0.250. The van der Waals surface area contributed by atoms with Crippen LogP contribution in [0.5, 0.6) is 11.5 Å². The van der Waals surface area contributed by atoms with Crippen molar-refractivity contribution in [2.75, 3.05) is 13.2 Å². The topological polar surface area (TPSA) is 55.2 Å². The first-order chi connectivity index (χ1) is 14.8. The van der Waals surface area contributed by atoms with E-state index in [0.29, 0.717) is 6.61 Å². The zero-order valence-electron chi connectivity index (χ0n) is 17.2. The second-order valence-corrected chi connectivity index (χ2v) is 7.80. The highest BCUT2D eigenvalue weighted by atomic mass is 32.1. The lowest BCUT2D eigenvalue weighted by Gasteiger charge is -2.11. The summed E-state index contributed by atoms with van der Waals surface area (Å²) in [5.41, 5.74) is 6.76. The van der Waals surface area contributed by atoms with Crippen LogP contribution in [0.2, 0.25) is 0 Å². The molecule has 2 aromatic carbocycles. The average molecular weight is 420 g/mol. The Bertz CT molecular complexity index is 1040. The molecular weight excluding hydrogens is 394 g/mol. The molecule has 0 spiro atoms. The van der Waals surface area contributed by atoms with Crippen molar-refractivity contribution < 1.29 is 9.47 Å². The summed E-state index contributed by atoms with van der Waals surface area (Å²) in [5.74, 6) is 2.41. The van der Waals surface area contributed by atoms with Crippen molar-refractivity contribution in [1.29, 1.82) is 0 Å². The molecule has 1 aliphatic rings. The lowest BCUT2D eigenvalue weighted by atomic mass is 10.0. The minimum Gasteiger partial charge on any atom is -0.494 e. The first-order valence-corrected chi connectivity index (χ1v) is 11.1. The Morgan fingerprint density at radius 2 is 1.80 bits per heavy atom. The summed E-state index contributed by atoms with van der Waals surface area (Å²) in [4.78, 5) is 5.89. The maximum absolute atomic E-state index is 5.80. The van der Waals surface area contributed by atoms with Crippen molar-refractivity contribution in [2.24, 2.45) is 10.1 Å². The van der Waals surface area contributed by atoms with E-state index < -0.39 is 0 Å². The third kappa shape index (κ3) is 4.54. The van der Waals surface area contributed by atoms with Gasteiger partial charge in [-0.2, -0.15) is 5.10 Å².